The Morgan fingerprint density at radius 3 is 2.64 bits per heavy atom. The first-order chi connectivity index (χ1) is 17.5. The second-order valence-corrected chi connectivity index (χ2v) is 9.24. The van der Waals surface area contributed by atoms with E-state index in [4.69, 9.17) is 9.47 Å². The second-order valence-electron chi connectivity index (χ2n) is 9.24. The molecule has 5 rings (SSSR count). The number of rotatable bonds is 8. The van der Waals surface area contributed by atoms with Gasteiger partial charge in [-0.05, 0) is 24.6 Å². The van der Waals surface area contributed by atoms with Gasteiger partial charge in [-0.1, -0.05) is 42.5 Å². The number of amides is 2. The van der Waals surface area contributed by atoms with E-state index >= 15 is 0 Å². The maximum Gasteiger partial charge on any atom is 0.248 e. The minimum atomic E-state index is -0.678. The van der Waals surface area contributed by atoms with Crippen LogP contribution in [0.2, 0.25) is 0 Å². The third-order valence-corrected chi connectivity index (χ3v) is 6.81. The van der Waals surface area contributed by atoms with Gasteiger partial charge in [-0.3, -0.25) is 14.5 Å². The van der Waals surface area contributed by atoms with Crippen molar-refractivity contribution in [2.75, 3.05) is 26.7 Å². The first-order valence-corrected chi connectivity index (χ1v) is 12.2. The first-order valence-electron chi connectivity index (χ1n) is 12.2. The molecule has 1 aromatic heterocycles. The Labute approximate surface area is 210 Å². The minimum absolute atomic E-state index is 0.0798. The molecule has 0 unspecified atom stereocenters. The molecule has 36 heavy (non-hydrogen) atoms. The van der Waals surface area contributed by atoms with Crippen LogP contribution in [0.1, 0.15) is 18.1 Å². The molecule has 3 heterocycles. The molecule has 0 bridgehead atoms. The highest BCUT2D eigenvalue weighted by Crippen LogP contribution is 2.23. The number of hydrogen-bond donors (Lipinski definition) is 1. The van der Waals surface area contributed by atoms with Gasteiger partial charge in [-0.2, -0.15) is 5.10 Å². The SMILES string of the molecule is COc1ccccc1-n1cc(CN2CCN3C(=O)[C@H]([C@@H](C)OCc4ccccc4)NC(=O)[C@H]3C2)cn1. The monoisotopic (exact) mass is 489 g/mol. The molecule has 2 fully saturated rings. The quantitative estimate of drug-likeness (QED) is 0.521. The number of benzene rings is 2. The number of fused-ring (bicyclic) bond motifs is 1. The average Bonchev–Trinajstić information content (AvgIpc) is 3.38. The Bertz CT molecular complexity index is 1210. The number of nitrogens with zero attached hydrogens (tertiary/aromatic N) is 4. The van der Waals surface area contributed by atoms with Crippen molar-refractivity contribution < 1.29 is 19.1 Å². The number of para-hydroxylation sites is 2. The van der Waals surface area contributed by atoms with E-state index in [2.05, 4.69) is 15.3 Å². The molecule has 3 atom stereocenters. The van der Waals surface area contributed by atoms with Crippen LogP contribution in [0.15, 0.2) is 67.0 Å². The van der Waals surface area contributed by atoms with Crippen LogP contribution in [0.25, 0.3) is 5.69 Å². The van der Waals surface area contributed by atoms with Crippen LogP contribution >= 0.6 is 0 Å². The highest BCUT2D eigenvalue weighted by molar-refractivity contribution is 5.97. The van der Waals surface area contributed by atoms with E-state index in [0.29, 0.717) is 32.8 Å². The zero-order chi connectivity index (χ0) is 25.1. The van der Waals surface area contributed by atoms with E-state index in [1.165, 1.54) is 0 Å². The summed E-state index contributed by atoms with van der Waals surface area (Å²) in [5.41, 5.74) is 2.92. The minimum Gasteiger partial charge on any atom is -0.494 e. The molecule has 9 nitrogen and oxygen atoms in total. The highest BCUT2D eigenvalue weighted by Gasteiger charge is 2.45. The van der Waals surface area contributed by atoms with Gasteiger partial charge in [0.15, 0.2) is 0 Å². The molecule has 2 aliphatic heterocycles. The number of ether oxygens (including phenoxy) is 2. The third-order valence-electron chi connectivity index (χ3n) is 6.81. The fraction of sp³-hybridized carbons (Fsp3) is 0.370. The second kappa shape index (κ2) is 10.5. The fourth-order valence-electron chi connectivity index (χ4n) is 4.83. The first kappa shape index (κ1) is 24.0. The largest absolute Gasteiger partial charge is 0.494 e. The van der Waals surface area contributed by atoms with Crippen LogP contribution in [0.3, 0.4) is 0 Å². The Balaban J connectivity index is 1.19. The molecule has 0 radical (unpaired) electrons. The van der Waals surface area contributed by atoms with E-state index in [1.54, 1.807) is 16.7 Å². The number of piperazine rings is 2. The molecule has 9 heteroatoms. The normalized spacial score (nSPS) is 21.1. The smallest absolute Gasteiger partial charge is 0.248 e. The summed E-state index contributed by atoms with van der Waals surface area (Å²) in [6.07, 6.45) is 3.37. The van der Waals surface area contributed by atoms with Crippen LogP contribution in [0, 0.1) is 0 Å². The molecule has 0 saturated carbocycles. The summed E-state index contributed by atoms with van der Waals surface area (Å²) in [6, 6.07) is 16.3. The highest BCUT2D eigenvalue weighted by atomic mass is 16.5. The van der Waals surface area contributed by atoms with Gasteiger partial charge in [0.2, 0.25) is 11.8 Å². The molecular weight excluding hydrogens is 458 g/mol. The Morgan fingerprint density at radius 1 is 1.06 bits per heavy atom. The van der Waals surface area contributed by atoms with Crippen LogP contribution in [0.5, 0.6) is 5.75 Å². The van der Waals surface area contributed by atoms with Crippen molar-refractivity contribution in [1.29, 1.82) is 0 Å². The maximum atomic E-state index is 13.2. The van der Waals surface area contributed by atoms with Crippen molar-refractivity contribution in [3.05, 3.63) is 78.1 Å². The number of carbonyl (C=O) groups excluding carboxylic acids is 2. The third kappa shape index (κ3) is 4.98. The van der Waals surface area contributed by atoms with Crippen LogP contribution in [-0.4, -0.2) is 76.3 Å². The van der Waals surface area contributed by atoms with Gasteiger partial charge in [-0.15, -0.1) is 0 Å². The molecule has 0 aliphatic carbocycles. The summed E-state index contributed by atoms with van der Waals surface area (Å²) in [5, 5.41) is 7.40. The number of hydrogen-bond acceptors (Lipinski definition) is 6. The van der Waals surface area contributed by atoms with Gasteiger partial charge >= 0.3 is 0 Å². The van der Waals surface area contributed by atoms with E-state index in [-0.39, 0.29) is 11.8 Å². The summed E-state index contributed by atoms with van der Waals surface area (Å²) >= 11 is 0. The number of carbonyl (C=O) groups is 2. The van der Waals surface area contributed by atoms with E-state index in [1.807, 2.05) is 73.9 Å². The van der Waals surface area contributed by atoms with E-state index < -0.39 is 18.2 Å². The number of nitrogens with one attached hydrogen (secondary N) is 1. The summed E-state index contributed by atoms with van der Waals surface area (Å²) in [7, 11) is 1.64. The van der Waals surface area contributed by atoms with Gasteiger partial charge in [0, 0.05) is 37.9 Å². The Morgan fingerprint density at radius 2 is 1.83 bits per heavy atom. The lowest BCUT2D eigenvalue weighted by molar-refractivity contribution is -0.157. The van der Waals surface area contributed by atoms with Gasteiger partial charge in [0.25, 0.3) is 0 Å². The molecular formula is C27H31N5O4. The lowest BCUT2D eigenvalue weighted by atomic mass is 10.0. The molecule has 2 amide bonds. The summed E-state index contributed by atoms with van der Waals surface area (Å²) in [6.45, 7) is 4.52. The van der Waals surface area contributed by atoms with Crippen molar-refractivity contribution in [1.82, 2.24) is 24.9 Å². The summed E-state index contributed by atoms with van der Waals surface area (Å²) < 4.78 is 13.2. The van der Waals surface area contributed by atoms with Crippen LogP contribution in [-0.2, 0) is 27.5 Å². The molecule has 1 N–H and O–H groups in total. The number of methoxy groups -OCH3 is 1. The topological polar surface area (TPSA) is 88.9 Å². The summed E-state index contributed by atoms with van der Waals surface area (Å²) in [4.78, 5) is 30.1. The standard InChI is InChI=1S/C27H31N5O4/c1-19(36-18-20-8-4-3-5-9-20)25-27(34)31-13-12-30(17-23(31)26(33)29-25)15-21-14-28-32(16-21)22-10-6-7-11-24(22)35-2/h3-11,14,16,19,23,25H,12-13,15,17-18H2,1-2H3,(H,29,33)/t19-,23-,25+/m1/s1. The van der Waals surface area contributed by atoms with Crippen molar-refractivity contribution >= 4 is 11.8 Å². The Kier molecular flexibility index (Phi) is 7.02. The molecule has 3 aromatic rings. The zero-order valence-corrected chi connectivity index (χ0v) is 20.5. The van der Waals surface area contributed by atoms with Crippen molar-refractivity contribution in [3.8, 4) is 11.4 Å². The van der Waals surface area contributed by atoms with Gasteiger partial charge in [0.1, 0.15) is 23.5 Å². The van der Waals surface area contributed by atoms with Crippen molar-refractivity contribution in [2.45, 2.75) is 38.3 Å². The van der Waals surface area contributed by atoms with Gasteiger partial charge in [0.05, 0.1) is 26.0 Å². The van der Waals surface area contributed by atoms with E-state index in [9.17, 15) is 9.59 Å². The summed E-state index contributed by atoms with van der Waals surface area (Å²) in [5.74, 6) is 0.530. The Hall–Kier alpha value is -3.69. The van der Waals surface area contributed by atoms with Gasteiger partial charge in [-0.25, -0.2) is 4.68 Å². The molecule has 2 aliphatic rings. The van der Waals surface area contributed by atoms with Crippen LogP contribution < -0.4 is 10.1 Å². The van der Waals surface area contributed by atoms with Crippen molar-refractivity contribution in [2.24, 2.45) is 0 Å². The average molecular weight is 490 g/mol. The van der Waals surface area contributed by atoms with E-state index in [0.717, 1.165) is 22.6 Å². The lowest BCUT2D eigenvalue weighted by Gasteiger charge is -2.46. The predicted molar refractivity (Wildman–Crippen MR) is 134 cm³/mol. The zero-order valence-electron chi connectivity index (χ0n) is 20.5. The molecule has 0 spiro atoms. The predicted octanol–water partition coefficient (Wildman–Crippen LogP) is 2.00. The van der Waals surface area contributed by atoms with Gasteiger partial charge < -0.3 is 19.7 Å². The maximum absolute atomic E-state index is 13.2. The fourth-order valence-corrected chi connectivity index (χ4v) is 4.83. The molecule has 2 aromatic carbocycles. The molecule has 2 saturated heterocycles. The van der Waals surface area contributed by atoms with Crippen molar-refractivity contribution in [3.63, 3.8) is 0 Å². The molecule has 188 valence electrons. The van der Waals surface area contributed by atoms with Crippen LogP contribution in [0.4, 0.5) is 0 Å². The number of aromatic nitrogens is 2. The lowest BCUT2D eigenvalue weighted by Crippen LogP contribution is -2.71.